The molecule has 0 heterocycles. The molecular weight excluding hydrogens is 238 g/mol. The van der Waals surface area contributed by atoms with Crippen LogP contribution >= 0.6 is 0 Å². The molecule has 0 saturated heterocycles. The maximum Gasteiger partial charge on any atom is 0.119 e. The van der Waals surface area contributed by atoms with Crippen LogP contribution in [0, 0.1) is 0 Å². The first-order chi connectivity index (χ1) is 9.26. The van der Waals surface area contributed by atoms with E-state index in [4.69, 9.17) is 9.47 Å². The lowest BCUT2D eigenvalue weighted by Crippen LogP contribution is -2.28. The van der Waals surface area contributed by atoms with E-state index in [-0.39, 0.29) is 0 Å². The van der Waals surface area contributed by atoms with Crippen molar-refractivity contribution in [2.45, 2.75) is 39.7 Å². The SMILES string of the molecule is CCCNC(C)Cc1ccc(OCCOCC)cc1. The third kappa shape index (κ3) is 7.19. The van der Waals surface area contributed by atoms with E-state index in [1.165, 1.54) is 12.0 Å². The molecule has 1 atom stereocenters. The van der Waals surface area contributed by atoms with Gasteiger partial charge in [0.2, 0.25) is 0 Å². The molecule has 3 heteroatoms. The Morgan fingerprint density at radius 3 is 2.47 bits per heavy atom. The first-order valence-electron chi connectivity index (χ1n) is 7.29. The molecule has 0 saturated carbocycles. The van der Waals surface area contributed by atoms with Gasteiger partial charge < -0.3 is 14.8 Å². The van der Waals surface area contributed by atoms with Crippen molar-refractivity contribution in [1.82, 2.24) is 5.32 Å². The summed E-state index contributed by atoms with van der Waals surface area (Å²) in [4.78, 5) is 0. The van der Waals surface area contributed by atoms with E-state index in [1.54, 1.807) is 0 Å². The van der Waals surface area contributed by atoms with Crippen molar-refractivity contribution in [1.29, 1.82) is 0 Å². The number of ether oxygens (including phenoxy) is 2. The van der Waals surface area contributed by atoms with Crippen LogP contribution in [0.1, 0.15) is 32.8 Å². The molecule has 0 spiro atoms. The van der Waals surface area contributed by atoms with Crippen LogP contribution in [-0.4, -0.2) is 32.4 Å². The lowest BCUT2D eigenvalue weighted by Gasteiger charge is -2.13. The highest BCUT2D eigenvalue weighted by Crippen LogP contribution is 2.13. The quantitative estimate of drug-likeness (QED) is 0.660. The second kappa shape index (κ2) is 9.82. The largest absolute Gasteiger partial charge is 0.491 e. The van der Waals surface area contributed by atoms with Gasteiger partial charge in [0.1, 0.15) is 12.4 Å². The van der Waals surface area contributed by atoms with Gasteiger partial charge in [-0.25, -0.2) is 0 Å². The zero-order chi connectivity index (χ0) is 13.9. The van der Waals surface area contributed by atoms with E-state index in [0.29, 0.717) is 19.3 Å². The number of hydrogen-bond acceptors (Lipinski definition) is 3. The van der Waals surface area contributed by atoms with E-state index in [1.807, 2.05) is 19.1 Å². The van der Waals surface area contributed by atoms with Gasteiger partial charge in [0.25, 0.3) is 0 Å². The minimum Gasteiger partial charge on any atom is -0.491 e. The van der Waals surface area contributed by atoms with Crippen LogP contribution in [0.2, 0.25) is 0 Å². The number of benzene rings is 1. The average Bonchev–Trinajstić information content (AvgIpc) is 2.43. The summed E-state index contributed by atoms with van der Waals surface area (Å²) in [6.45, 7) is 9.49. The average molecular weight is 265 g/mol. The van der Waals surface area contributed by atoms with Crippen molar-refractivity contribution in [2.24, 2.45) is 0 Å². The summed E-state index contributed by atoms with van der Waals surface area (Å²) in [6, 6.07) is 8.87. The van der Waals surface area contributed by atoms with Crippen molar-refractivity contribution in [3.8, 4) is 5.75 Å². The van der Waals surface area contributed by atoms with Crippen LogP contribution in [0.15, 0.2) is 24.3 Å². The Labute approximate surface area is 117 Å². The van der Waals surface area contributed by atoms with E-state index < -0.39 is 0 Å². The van der Waals surface area contributed by atoms with Gasteiger partial charge in [-0.15, -0.1) is 0 Å². The van der Waals surface area contributed by atoms with Gasteiger partial charge in [-0.2, -0.15) is 0 Å². The maximum atomic E-state index is 5.59. The van der Waals surface area contributed by atoms with Gasteiger partial charge in [0.05, 0.1) is 6.61 Å². The fourth-order valence-corrected chi connectivity index (χ4v) is 1.90. The van der Waals surface area contributed by atoms with Gasteiger partial charge in [-0.1, -0.05) is 19.1 Å². The van der Waals surface area contributed by atoms with E-state index in [2.05, 4.69) is 31.3 Å². The molecule has 0 bridgehead atoms. The minimum absolute atomic E-state index is 0.518. The summed E-state index contributed by atoms with van der Waals surface area (Å²) < 4.78 is 10.8. The molecule has 1 aromatic rings. The Bertz CT molecular complexity index is 324. The molecule has 1 N–H and O–H groups in total. The summed E-state index contributed by atoms with van der Waals surface area (Å²) in [6.07, 6.45) is 2.23. The summed E-state index contributed by atoms with van der Waals surface area (Å²) in [5, 5.41) is 3.50. The van der Waals surface area contributed by atoms with Crippen molar-refractivity contribution in [2.75, 3.05) is 26.4 Å². The minimum atomic E-state index is 0.518. The number of hydrogen-bond donors (Lipinski definition) is 1. The van der Waals surface area contributed by atoms with E-state index in [0.717, 1.165) is 25.3 Å². The lowest BCUT2D eigenvalue weighted by atomic mass is 10.1. The molecule has 19 heavy (non-hydrogen) atoms. The molecule has 108 valence electrons. The number of nitrogens with one attached hydrogen (secondary N) is 1. The number of rotatable bonds is 10. The molecule has 1 unspecified atom stereocenters. The van der Waals surface area contributed by atoms with Crippen molar-refractivity contribution < 1.29 is 9.47 Å². The van der Waals surface area contributed by atoms with Crippen LogP contribution in [-0.2, 0) is 11.2 Å². The zero-order valence-corrected chi connectivity index (χ0v) is 12.4. The van der Waals surface area contributed by atoms with Crippen LogP contribution in [0.5, 0.6) is 5.75 Å². The molecule has 0 aliphatic heterocycles. The topological polar surface area (TPSA) is 30.5 Å². The summed E-state index contributed by atoms with van der Waals surface area (Å²) in [5.74, 6) is 0.914. The molecule has 1 aromatic carbocycles. The Kier molecular flexibility index (Phi) is 8.26. The predicted molar refractivity (Wildman–Crippen MR) is 79.9 cm³/mol. The third-order valence-corrected chi connectivity index (χ3v) is 2.91. The molecule has 0 fully saturated rings. The fourth-order valence-electron chi connectivity index (χ4n) is 1.90. The molecule has 0 aliphatic rings. The van der Waals surface area contributed by atoms with Gasteiger partial charge >= 0.3 is 0 Å². The molecule has 0 aliphatic carbocycles. The molecule has 1 rings (SSSR count). The predicted octanol–water partition coefficient (Wildman–Crippen LogP) is 3.03. The summed E-state index contributed by atoms with van der Waals surface area (Å²) in [7, 11) is 0. The fraction of sp³-hybridized carbons (Fsp3) is 0.625. The first-order valence-corrected chi connectivity index (χ1v) is 7.29. The van der Waals surface area contributed by atoms with Crippen molar-refractivity contribution in [3.63, 3.8) is 0 Å². The van der Waals surface area contributed by atoms with Crippen LogP contribution in [0.3, 0.4) is 0 Å². The van der Waals surface area contributed by atoms with Crippen molar-refractivity contribution >= 4 is 0 Å². The smallest absolute Gasteiger partial charge is 0.119 e. The van der Waals surface area contributed by atoms with Gasteiger partial charge in [0, 0.05) is 12.6 Å². The zero-order valence-electron chi connectivity index (χ0n) is 12.4. The molecular formula is C16H27NO2. The van der Waals surface area contributed by atoms with Gasteiger partial charge in [-0.3, -0.25) is 0 Å². The Hall–Kier alpha value is -1.06. The summed E-state index contributed by atoms with van der Waals surface area (Å²) in [5.41, 5.74) is 1.34. The third-order valence-electron chi connectivity index (χ3n) is 2.91. The van der Waals surface area contributed by atoms with Crippen LogP contribution in [0.25, 0.3) is 0 Å². The van der Waals surface area contributed by atoms with Crippen LogP contribution < -0.4 is 10.1 Å². The Morgan fingerprint density at radius 2 is 1.84 bits per heavy atom. The first kappa shape index (κ1) is 16.0. The summed E-state index contributed by atoms with van der Waals surface area (Å²) >= 11 is 0. The standard InChI is InChI=1S/C16H27NO2/c1-4-10-17-14(3)13-15-6-8-16(9-7-15)19-12-11-18-5-2/h6-9,14,17H,4-5,10-13H2,1-3H3. The molecule has 3 nitrogen and oxygen atoms in total. The highest BCUT2D eigenvalue weighted by atomic mass is 16.5. The molecule has 0 radical (unpaired) electrons. The van der Waals surface area contributed by atoms with Crippen LogP contribution in [0.4, 0.5) is 0 Å². The maximum absolute atomic E-state index is 5.59. The van der Waals surface area contributed by atoms with E-state index in [9.17, 15) is 0 Å². The Morgan fingerprint density at radius 1 is 1.11 bits per heavy atom. The van der Waals surface area contributed by atoms with Crippen molar-refractivity contribution in [3.05, 3.63) is 29.8 Å². The highest BCUT2D eigenvalue weighted by molar-refractivity contribution is 5.27. The lowest BCUT2D eigenvalue weighted by molar-refractivity contribution is 0.110. The molecule has 0 aromatic heterocycles. The molecule has 0 amide bonds. The monoisotopic (exact) mass is 265 g/mol. The highest BCUT2D eigenvalue weighted by Gasteiger charge is 2.02. The Balaban J connectivity index is 2.30. The van der Waals surface area contributed by atoms with Gasteiger partial charge in [-0.05, 0) is 50.9 Å². The second-order valence-corrected chi connectivity index (χ2v) is 4.75. The normalized spacial score (nSPS) is 12.4. The second-order valence-electron chi connectivity index (χ2n) is 4.75. The van der Waals surface area contributed by atoms with Gasteiger partial charge in [0.15, 0.2) is 0 Å². The van der Waals surface area contributed by atoms with E-state index >= 15 is 0 Å².